The first-order chi connectivity index (χ1) is 9.00. The van der Waals surface area contributed by atoms with Gasteiger partial charge >= 0.3 is 0 Å². The monoisotopic (exact) mass is 277 g/mol. The standard InChI is InChI=1S/C14H15NO3S/c1-10-5-7-13(8-6-10)19(17,18)15-12-4-2-3-11(9-12)14(15)16/h2,4-8,11-12H,3,9H2,1H3. The van der Waals surface area contributed by atoms with E-state index in [1.165, 1.54) is 0 Å². The van der Waals surface area contributed by atoms with Gasteiger partial charge in [0, 0.05) is 5.92 Å². The Morgan fingerprint density at radius 1 is 1.21 bits per heavy atom. The van der Waals surface area contributed by atoms with Crippen LogP contribution in [0, 0.1) is 12.8 Å². The molecule has 4 nitrogen and oxygen atoms in total. The minimum atomic E-state index is -3.73. The van der Waals surface area contributed by atoms with Crippen molar-refractivity contribution in [2.45, 2.75) is 30.7 Å². The number of carbonyl (C=O) groups excluding carboxylic acids is 1. The van der Waals surface area contributed by atoms with Crippen LogP contribution in [-0.2, 0) is 14.8 Å². The molecule has 0 aromatic heterocycles. The van der Waals surface area contributed by atoms with E-state index in [2.05, 4.69) is 0 Å². The molecule has 1 saturated heterocycles. The molecule has 0 saturated carbocycles. The summed E-state index contributed by atoms with van der Waals surface area (Å²) in [6.45, 7) is 1.90. The van der Waals surface area contributed by atoms with E-state index in [1.54, 1.807) is 24.3 Å². The van der Waals surface area contributed by atoms with Crippen molar-refractivity contribution in [3.05, 3.63) is 42.0 Å². The van der Waals surface area contributed by atoms with Gasteiger partial charge in [0.1, 0.15) is 0 Å². The highest BCUT2D eigenvalue weighted by molar-refractivity contribution is 7.89. The Morgan fingerprint density at radius 3 is 2.53 bits per heavy atom. The highest BCUT2D eigenvalue weighted by Gasteiger charge is 2.46. The van der Waals surface area contributed by atoms with Crippen LogP contribution in [0.4, 0.5) is 0 Å². The van der Waals surface area contributed by atoms with Gasteiger partial charge in [-0.3, -0.25) is 4.79 Å². The van der Waals surface area contributed by atoms with Crippen molar-refractivity contribution < 1.29 is 13.2 Å². The van der Waals surface area contributed by atoms with Gasteiger partial charge in [0.2, 0.25) is 5.91 Å². The molecule has 1 aromatic carbocycles. The molecule has 1 aromatic rings. The zero-order valence-electron chi connectivity index (χ0n) is 10.6. The van der Waals surface area contributed by atoms with Gasteiger partial charge in [0.15, 0.2) is 0 Å². The maximum absolute atomic E-state index is 12.6. The summed E-state index contributed by atoms with van der Waals surface area (Å²) in [6.07, 6.45) is 4.99. The van der Waals surface area contributed by atoms with Gasteiger partial charge in [-0.15, -0.1) is 0 Å². The lowest BCUT2D eigenvalue weighted by atomic mass is 9.96. The molecule has 1 fully saturated rings. The molecule has 1 aliphatic heterocycles. The average molecular weight is 277 g/mol. The molecule has 2 bridgehead atoms. The Morgan fingerprint density at radius 2 is 1.89 bits per heavy atom. The van der Waals surface area contributed by atoms with E-state index in [4.69, 9.17) is 0 Å². The summed E-state index contributed by atoms with van der Waals surface area (Å²) in [5.41, 5.74) is 0.991. The maximum Gasteiger partial charge on any atom is 0.267 e. The molecule has 2 unspecified atom stereocenters. The molecule has 0 N–H and O–H groups in total. The van der Waals surface area contributed by atoms with E-state index >= 15 is 0 Å². The lowest BCUT2D eigenvalue weighted by Gasteiger charge is -2.21. The molecule has 1 aliphatic carbocycles. The first-order valence-corrected chi connectivity index (χ1v) is 7.76. The van der Waals surface area contributed by atoms with Crippen LogP contribution in [0.15, 0.2) is 41.3 Å². The van der Waals surface area contributed by atoms with E-state index in [0.717, 1.165) is 9.87 Å². The number of amides is 1. The molecule has 100 valence electrons. The van der Waals surface area contributed by atoms with Crippen LogP contribution in [-0.4, -0.2) is 24.7 Å². The lowest BCUT2D eigenvalue weighted by molar-refractivity contribution is -0.127. The van der Waals surface area contributed by atoms with Gasteiger partial charge in [-0.05, 0) is 31.9 Å². The van der Waals surface area contributed by atoms with Crippen LogP contribution in [0.2, 0.25) is 0 Å². The lowest BCUT2D eigenvalue weighted by Crippen LogP contribution is -2.37. The number of carbonyl (C=O) groups is 1. The number of sulfonamides is 1. The molecule has 2 atom stereocenters. The van der Waals surface area contributed by atoms with E-state index in [9.17, 15) is 13.2 Å². The molecule has 2 aliphatic rings. The zero-order valence-corrected chi connectivity index (χ0v) is 11.4. The number of rotatable bonds is 2. The van der Waals surface area contributed by atoms with E-state index in [1.807, 2.05) is 19.1 Å². The number of fused-ring (bicyclic) bond motifs is 2. The molecule has 5 heteroatoms. The fraction of sp³-hybridized carbons (Fsp3) is 0.357. The first kappa shape index (κ1) is 12.4. The minimum absolute atomic E-state index is 0.171. The SMILES string of the molecule is Cc1ccc(S(=O)(=O)N2C(=O)C3CC=CC2C3)cc1. The number of allylic oxidation sites excluding steroid dienone is 1. The minimum Gasteiger partial charge on any atom is -0.273 e. The zero-order chi connectivity index (χ0) is 13.6. The van der Waals surface area contributed by atoms with Crippen LogP contribution in [0.25, 0.3) is 0 Å². The van der Waals surface area contributed by atoms with Crippen LogP contribution in [0.3, 0.4) is 0 Å². The number of aryl methyl sites for hydroxylation is 1. The molecule has 1 heterocycles. The molecular weight excluding hydrogens is 262 g/mol. The molecule has 19 heavy (non-hydrogen) atoms. The molecular formula is C14H15NO3S. The van der Waals surface area contributed by atoms with Gasteiger partial charge in [-0.2, -0.15) is 0 Å². The fourth-order valence-electron chi connectivity index (χ4n) is 2.71. The summed E-state index contributed by atoms with van der Waals surface area (Å²) >= 11 is 0. The van der Waals surface area contributed by atoms with Crippen molar-refractivity contribution in [2.24, 2.45) is 5.92 Å². The molecule has 3 rings (SSSR count). The summed E-state index contributed by atoms with van der Waals surface area (Å²) in [4.78, 5) is 12.4. The Kier molecular flexibility index (Phi) is 2.74. The number of hydrogen-bond donors (Lipinski definition) is 0. The number of nitrogens with zero attached hydrogens (tertiary/aromatic N) is 1. The van der Waals surface area contributed by atoms with Crippen molar-refractivity contribution >= 4 is 15.9 Å². The Labute approximate surface area is 112 Å². The Hall–Kier alpha value is -1.62. The summed E-state index contributed by atoms with van der Waals surface area (Å²) in [7, 11) is -3.73. The predicted molar refractivity (Wildman–Crippen MR) is 70.9 cm³/mol. The smallest absolute Gasteiger partial charge is 0.267 e. The van der Waals surface area contributed by atoms with Crippen LogP contribution < -0.4 is 0 Å². The van der Waals surface area contributed by atoms with Crippen LogP contribution >= 0.6 is 0 Å². The number of hydrogen-bond acceptors (Lipinski definition) is 3. The second-order valence-electron chi connectivity index (χ2n) is 5.12. The summed E-state index contributed by atoms with van der Waals surface area (Å²) < 4.78 is 26.2. The maximum atomic E-state index is 12.6. The van der Waals surface area contributed by atoms with Crippen LogP contribution in [0.1, 0.15) is 18.4 Å². The third kappa shape index (κ3) is 1.89. The number of benzene rings is 1. The van der Waals surface area contributed by atoms with E-state index in [-0.39, 0.29) is 22.8 Å². The second kappa shape index (κ2) is 4.20. The van der Waals surface area contributed by atoms with E-state index < -0.39 is 10.0 Å². The van der Waals surface area contributed by atoms with E-state index in [0.29, 0.717) is 12.8 Å². The largest absolute Gasteiger partial charge is 0.273 e. The quantitative estimate of drug-likeness (QED) is 0.775. The highest BCUT2D eigenvalue weighted by Crippen LogP contribution is 2.36. The molecule has 0 spiro atoms. The van der Waals surface area contributed by atoms with Crippen molar-refractivity contribution in [3.63, 3.8) is 0 Å². The van der Waals surface area contributed by atoms with Crippen molar-refractivity contribution in [1.82, 2.24) is 4.31 Å². The Balaban J connectivity index is 2.03. The normalized spacial score (nSPS) is 25.9. The fourth-order valence-corrected chi connectivity index (χ4v) is 4.31. The van der Waals surface area contributed by atoms with Crippen molar-refractivity contribution in [2.75, 3.05) is 0 Å². The van der Waals surface area contributed by atoms with Gasteiger partial charge in [0.05, 0.1) is 10.9 Å². The molecule has 1 amide bonds. The first-order valence-electron chi connectivity index (χ1n) is 6.32. The molecule has 0 radical (unpaired) electrons. The third-order valence-corrected chi connectivity index (χ3v) is 5.59. The van der Waals surface area contributed by atoms with Crippen LogP contribution in [0.5, 0.6) is 0 Å². The van der Waals surface area contributed by atoms with Crippen molar-refractivity contribution in [3.8, 4) is 0 Å². The average Bonchev–Trinajstić information content (AvgIpc) is 2.61. The Bertz CT molecular complexity index is 646. The van der Waals surface area contributed by atoms with Crippen molar-refractivity contribution in [1.29, 1.82) is 0 Å². The summed E-state index contributed by atoms with van der Waals surface area (Å²) in [5.74, 6) is -0.439. The highest BCUT2D eigenvalue weighted by atomic mass is 32.2. The predicted octanol–water partition coefficient (Wildman–Crippen LogP) is 1.86. The third-order valence-electron chi connectivity index (χ3n) is 3.75. The second-order valence-corrected chi connectivity index (χ2v) is 6.93. The topological polar surface area (TPSA) is 54.5 Å². The van der Waals surface area contributed by atoms with Gasteiger partial charge in [0.25, 0.3) is 10.0 Å². The summed E-state index contributed by atoms with van der Waals surface area (Å²) in [6, 6.07) is 6.30. The summed E-state index contributed by atoms with van der Waals surface area (Å²) in [5, 5.41) is 0. The van der Waals surface area contributed by atoms with Gasteiger partial charge in [-0.25, -0.2) is 12.7 Å². The van der Waals surface area contributed by atoms with Gasteiger partial charge in [-0.1, -0.05) is 29.8 Å². The van der Waals surface area contributed by atoms with Gasteiger partial charge < -0.3 is 0 Å².